The minimum atomic E-state index is -0.207. The van der Waals surface area contributed by atoms with Crippen molar-refractivity contribution < 1.29 is 14.3 Å². The minimum absolute atomic E-state index is 0.0330. The second-order valence-electron chi connectivity index (χ2n) is 8.00. The lowest BCUT2D eigenvalue weighted by atomic mass is 9.89. The van der Waals surface area contributed by atoms with Crippen LogP contribution in [0.15, 0.2) is 29.3 Å². The molecule has 0 spiro atoms. The SMILES string of the molecule is COc1ccc(CCNC(=O)Cn2cnc3sc4c(c3c2=O)CCC(C)C4)cc1OC. The number of thiophene rings is 1. The van der Waals surface area contributed by atoms with Crippen LogP contribution in [0.2, 0.25) is 0 Å². The van der Waals surface area contributed by atoms with Crippen molar-refractivity contribution in [1.29, 1.82) is 0 Å². The highest BCUT2D eigenvalue weighted by Crippen LogP contribution is 2.35. The topological polar surface area (TPSA) is 82.5 Å². The summed E-state index contributed by atoms with van der Waals surface area (Å²) in [6.45, 7) is 2.67. The largest absolute Gasteiger partial charge is 0.493 e. The molecule has 0 saturated carbocycles. The molecule has 0 radical (unpaired) electrons. The second kappa shape index (κ2) is 9.09. The van der Waals surface area contributed by atoms with E-state index in [-0.39, 0.29) is 18.0 Å². The summed E-state index contributed by atoms with van der Waals surface area (Å²) < 4.78 is 12.0. The molecule has 1 aromatic carbocycles. The predicted octanol–water partition coefficient (Wildman–Crippen LogP) is 2.96. The fourth-order valence-electron chi connectivity index (χ4n) is 4.07. The summed E-state index contributed by atoms with van der Waals surface area (Å²) in [5.74, 6) is 1.76. The molecule has 4 rings (SSSR count). The molecule has 1 N–H and O–H groups in total. The molecule has 3 aromatic rings. The van der Waals surface area contributed by atoms with Gasteiger partial charge in [0.1, 0.15) is 11.4 Å². The number of fused-ring (bicyclic) bond motifs is 3. The number of benzene rings is 1. The fraction of sp³-hybridized carbons (Fsp3) is 0.435. The van der Waals surface area contributed by atoms with Gasteiger partial charge in [0, 0.05) is 11.4 Å². The van der Waals surface area contributed by atoms with Gasteiger partial charge in [-0.3, -0.25) is 14.2 Å². The van der Waals surface area contributed by atoms with Gasteiger partial charge in [-0.05, 0) is 54.9 Å². The van der Waals surface area contributed by atoms with Gasteiger partial charge >= 0.3 is 0 Å². The van der Waals surface area contributed by atoms with Crippen LogP contribution in [0.4, 0.5) is 0 Å². The number of aryl methyl sites for hydroxylation is 1. The molecule has 0 saturated heterocycles. The van der Waals surface area contributed by atoms with Crippen LogP contribution in [0.5, 0.6) is 11.5 Å². The molecule has 1 aliphatic carbocycles. The van der Waals surface area contributed by atoms with Gasteiger partial charge in [-0.2, -0.15) is 0 Å². The first-order valence-corrected chi connectivity index (χ1v) is 11.3. The van der Waals surface area contributed by atoms with Crippen molar-refractivity contribution in [2.24, 2.45) is 5.92 Å². The summed E-state index contributed by atoms with van der Waals surface area (Å²) in [5.41, 5.74) is 2.04. The Balaban J connectivity index is 1.41. The van der Waals surface area contributed by atoms with Crippen LogP contribution < -0.4 is 20.3 Å². The number of nitrogens with one attached hydrogen (secondary N) is 1. The average Bonchev–Trinajstić information content (AvgIpc) is 3.13. The van der Waals surface area contributed by atoms with Crippen molar-refractivity contribution in [3.05, 3.63) is 50.9 Å². The molecular weight excluding hydrogens is 414 g/mol. The Morgan fingerprint density at radius 3 is 2.87 bits per heavy atom. The summed E-state index contributed by atoms with van der Waals surface area (Å²) in [5, 5.41) is 3.59. The van der Waals surface area contributed by atoms with Gasteiger partial charge < -0.3 is 14.8 Å². The number of carbonyl (C=O) groups is 1. The number of rotatable bonds is 7. The van der Waals surface area contributed by atoms with Crippen LogP contribution in [0, 0.1) is 5.92 Å². The van der Waals surface area contributed by atoms with E-state index in [2.05, 4.69) is 17.2 Å². The van der Waals surface area contributed by atoms with E-state index in [1.54, 1.807) is 25.6 Å². The van der Waals surface area contributed by atoms with Crippen molar-refractivity contribution in [2.75, 3.05) is 20.8 Å². The summed E-state index contributed by atoms with van der Waals surface area (Å²) in [7, 11) is 3.19. The molecule has 8 heteroatoms. The van der Waals surface area contributed by atoms with Gasteiger partial charge in [-0.15, -0.1) is 11.3 Å². The van der Waals surface area contributed by atoms with E-state index in [9.17, 15) is 9.59 Å². The van der Waals surface area contributed by atoms with Gasteiger partial charge in [-0.25, -0.2) is 4.98 Å². The molecule has 2 heterocycles. The van der Waals surface area contributed by atoms with E-state index in [0.29, 0.717) is 35.8 Å². The van der Waals surface area contributed by atoms with Gasteiger partial charge in [0.2, 0.25) is 5.91 Å². The molecular formula is C23H27N3O4S. The second-order valence-corrected chi connectivity index (χ2v) is 9.08. The Morgan fingerprint density at radius 2 is 2.10 bits per heavy atom. The molecule has 31 heavy (non-hydrogen) atoms. The van der Waals surface area contributed by atoms with Gasteiger partial charge in [0.15, 0.2) is 11.5 Å². The summed E-state index contributed by atoms with van der Waals surface area (Å²) in [6.07, 6.45) is 5.14. The number of hydrogen-bond donors (Lipinski definition) is 1. The highest BCUT2D eigenvalue weighted by atomic mass is 32.1. The van der Waals surface area contributed by atoms with Crippen LogP contribution >= 0.6 is 11.3 Å². The maximum Gasteiger partial charge on any atom is 0.262 e. The van der Waals surface area contributed by atoms with E-state index in [4.69, 9.17) is 9.47 Å². The number of aromatic nitrogens is 2. The maximum atomic E-state index is 13.0. The normalized spacial score (nSPS) is 15.5. The summed E-state index contributed by atoms with van der Waals surface area (Å²) in [4.78, 5) is 32.0. The number of ether oxygens (including phenoxy) is 2. The zero-order valence-corrected chi connectivity index (χ0v) is 18.9. The van der Waals surface area contributed by atoms with Crippen molar-refractivity contribution in [3.63, 3.8) is 0 Å². The standard InChI is InChI=1S/C23H27N3O4S/c1-14-4-6-16-19(10-14)31-22-21(16)23(28)26(13-25-22)12-20(27)24-9-8-15-5-7-17(29-2)18(11-15)30-3/h5,7,11,13-14H,4,6,8-10,12H2,1-3H3,(H,24,27). The van der Waals surface area contributed by atoms with Crippen LogP contribution in [0.1, 0.15) is 29.3 Å². The number of nitrogens with zero attached hydrogens (tertiary/aromatic N) is 2. The van der Waals surface area contributed by atoms with Gasteiger partial charge in [-0.1, -0.05) is 13.0 Å². The molecule has 1 aliphatic rings. The monoisotopic (exact) mass is 441 g/mol. The summed E-state index contributed by atoms with van der Waals surface area (Å²) in [6, 6.07) is 5.68. The van der Waals surface area contributed by atoms with Crippen LogP contribution in [-0.2, 0) is 30.6 Å². The molecule has 1 unspecified atom stereocenters. The number of amides is 1. The fourth-order valence-corrected chi connectivity index (χ4v) is 5.41. The number of carbonyl (C=O) groups excluding carboxylic acids is 1. The van der Waals surface area contributed by atoms with Crippen LogP contribution in [0.3, 0.4) is 0 Å². The Morgan fingerprint density at radius 1 is 1.29 bits per heavy atom. The van der Waals surface area contributed by atoms with E-state index >= 15 is 0 Å². The van der Waals surface area contributed by atoms with Crippen molar-refractivity contribution in [3.8, 4) is 11.5 Å². The summed E-state index contributed by atoms with van der Waals surface area (Å²) >= 11 is 1.62. The zero-order valence-electron chi connectivity index (χ0n) is 18.1. The molecule has 1 atom stereocenters. The van der Waals surface area contributed by atoms with E-state index in [1.165, 1.54) is 15.8 Å². The first kappa shape index (κ1) is 21.4. The first-order chi connectivity index (χ1) is 15.0. The van der Waals surface area contributed by atoms with Crippen molar-refractivity contribution in [1.82, 2.24) is 14.9 Å². The highest BCUT2D eigenvalue weighted by Gasteiger charge is 2.23. The Kier molecular flexibility index (Phi) is 6.27. The molecule has 0 bridgehead atoms. The lowest BCUT2D eigenvalue weighted by Gasteiger charge is -2.17. The minimum Gasteiger partial charge on any atom is -0.493 e. The predicted molar refractivity (Wildman–Crippen MR) is 121 cm³/mol. The third kappa shape index (κ3) is 4.44. The quantitative estimate of drug-likeness (QED) is 0.610. The Hall–Kier alpha value is -2.87. The van der Waals surface area contributed by atoms with Crippen molar-refractivity contribution in [2.45, 2.75) is 39.2 Å². The average molecular weight is 442 g/mol. The first-order valence-electron chi connectivity index (χ1n) is 10.5. The van der Waals surface area contributed by atoms with E-state index < -0.39 is 0 Å². The molecule has 2 aromatic heterocycles. The lowest BCUT2D eigenvalue weighted by Crippen LogP contribution is -2.33. The molecule has 7 nitrogen and oxygen atoms in total. The number of hydrogen-bond acceptors (Lipinski definition) is 6. The molecule has 0 aliphatic heterocycles. The third-order valence-corrected chi connectivity index (χ3v) is 6.94. The van der Waals surface area contributed by atoms with Gasteiger partial charge in [0.05, 0.1) is 25.9 Å². The lowest BCUT2D eigenvalue weighted by molar-refractivity contribution is -0.121. The number of methoxy groups -OCH3 is 2. The Labute approximate surface area is 185 Å². The smallest absolute Gasteiger partial charge is 0.262 e. The Bertz CT molecular complexity index is 1170. The highest BCUT2D eigenvalue weighted by molar-refractivity contribution is 7.18. The maximum absolute atomic E-state index is 13.0. The molecule has 0 fully saturated rings. The van der Waals surface area contributed by atoms with Crippen LogP contribution in [-0.4, -0.2) is 36.2 Å². The van der Waals surface area contributed by atoms with Gasteiger partial charge in [0.25, 0.3) is 5.56 Å². The zero-order chi connectivity index (χ0) is 22.0. The van der Waals surface area contributed by atoms with Crippen LogP contribution in [0.25, 0.3) is 10.2 Å². The third-order valence-electron chi connectivity index (χ3n) is 5.78. The van der Waals surface area contributed by atoms with E-state index in [1.807, 2.05) is 18.2 Å². The van der Waals surface area contributed by atoms with Crippen molar-refractivity contribution >= 4 is 27.5 Å². The molecule has 1 amide bonds. The van der Waals surface area contributed by atoms with E-state index in [0.717, 1.165) is 35.2 Å². The molecule has 164 valence electrons.